The molecule has 2 fully saturated rings. The third-order valence-electron chi connectivity index (χ3n) is 6.01. The van der Waals surface area contributed by atoms with Crippen LogP contribution in [0.1, 0.15) is 44.1 Å². The normalized spacial score (nSPS) is 21.0. The molecule has 1 atom stereocenters. The first-order valence-electron chi connectivity index (χ1n) is 10.5. The number of hydrogen-bond acceptors (Lipinski definition) is 5. The van der Waals surface area contributed by atoms with Crippen molar-refractivity contribution in [3.63, 3.8) is 0 Å². The molecule has 0 radical (unpaired) electrons. The summed E-state index contributed by atoms with van der Waals surface area (Å²) < 4.78 is 11.7. The number of hydrogen-bond donors (Lipinski definition) is 2. The van der Waals surface area contributed by atoms with Crippen LogP contribution in [0.5, 0.6) is 11.5 Å². The van der Waals surface area contributed by atoms with Crippen molar-refractivity contribution in [2.24, 2.45) is 0 Å². The Kier molecular flexibility index (Phi) is 6.32. The predicted molar refractivity (Wildman–Crippen MR) is 118 cm³/mol. The van der Waals surface area contributed by atoms with Crippen LogP contribution < -0.4 is 20.1 Å². The molecule has 1 saturated heterocycles. The molecule has 1 aromatic carbocycles. The van der Waals surface area contributed by atoms with E-state index in [1.165, 1.54) is 0 Å². The molecule has 7 nitrogen and oxygen atoms in total. The van der Waals surface area contributed by atoms with E-state index in [4.69, 9.17) is 21.1 Å². The lowest BCUT2D eigenvalue weighted by Gasteiger charge is -2.28. The fraction of sp³-hybridized carbons (Fsp3) is 0.435. The zero-order chi connectivity index (χ0) is 21.8. The highest BCUT2D eigenvalue weighted by Gasteiger charge is 2.42. The maximum atomic E-state index is 12.9. The number of ether oxygens (including phenoxy) is 2. The Balaban J connectivity index is 1.60. The van der Waals surface area contributed by atoms with E-state index in [9.17, 15) is 9.59 Å². The number of pyridine rings is 1. The molecule has 164 valence electrons. The molecule has 4 rings (SSSR count). The van der Waals surface area contributed by atoms with Crippen molar-refractivity contribution in [2.45, 2.75) is 50.0 Å². The van der Waals surface area contributed by atoms with E-state index in [1.807, 2.05) is 18.2 Å². The molecule has 1 aliphatic carbocycles. The minimum absolute atomic E-state index is 0.0854. The third-order valence-corrected chi connectivity index (χ3v) is 6.31. The van der Waals surface area contributed by atoms with Gasteiger partial charge in [-0.25, -0.2) is 4.98 Å². The highest BCUT2D eigenvalue weighted by atomic mass is 35.5. The molecule has 31 heavy (non-hydrogen) atoms. The number of rotatable bonds is 7. The Morgan fingerprint density at radius 3 is 2.77 bits per heavy atom. The SMILES string of the molecule is COc1ccc(C2(CC(=O)Nc3ncccc3Cl)CNC(=O)C2)cc1OC1CCCC1. The van der Waals surface area contributed by atoms with Crippen molar-refractivity contribution >= 4 is 29.2 Å². The van der Waals surface area contributed by atoms with Crippen molar-refractivity contribution in [2.75, 3.05) is 19.0 Å². The van der Waals surface area contributed by atoms with Crippen LogP contribution >= 0.6 is 11.6 Å². The first-order valence-corrected chi connectivity index (χ1v) is 10.9. The summed E-state index contributed by atoms with van der Waals surface area (Å²) in [6.07, 6.45) is 6.40. The fourth-order valence-electron chi connectivity index (χ4n) is 4.38. The lowest BCUT2D eigenvalue weighted by Crippen LogP contribution is -2.34. The Morgan fingerprint density at radius 2 is 2.10 bits per heavy atom. The van der Waals surface area contributed by atoms with Gasteiger partial charge in [0.05, 0.1) is 18.2 Å². The zero-order valence-electron chi connectivity index (χ0n) is 17.4. The molecule has 2 amide bonds. The van der Waals surface area contributed by atoms with Gasteiger partial charge in [-0.15, -0.1) is 0 Å². The standard InChI is InChI=1S/C23H26ClN3O4/c1-30-18-9-8-15(11-19(18)31-16-5-2-3-6-16)23(12-20(28)26-14-23)13-21(29)27-22-17(24)7-4-10-25-22/h4,7-11,16H,2-3,5-6,12-14H2,1H3,(H,26,28)(H,25,27,29). The van der Waals surface area contributed by atoms with E-state index in [0.29, 0.717) is 28.9 Å². The maximum absolute atomic E-state index is 12.9. The summed E-state index contributed by atoms with van der Waals surface area (Å²) in [5.41, 5.74) is 0.171. The van der Waals surface area contributed by atoms with Crippen LogP contribution in [0, 0.1) is 0 Å². The topological polar surface area (TPSA) is 89.5 Å². The first-order chi connectivity index (χ1) is 15.0. The molecular formula is C23H26ClN3O4. The molecule has 8 heteroatoms. The molecule has 1 unspecified atom stereocenters. The van der Waals surface area contributed by atoms with Crippen molar-refractivity contribution in [3.05, 3.63) is 47.1 Å². The van der Waals surface area contributed by atoms with E-state index >= 15 is 0 Å². The Hall–Kier alpha value is -2.80. The second kappa shape index (κ2) is 9.14. The average molecular weight is 444 g/mol. The van der Waals surface area contributed by atoms with Crippen LogP contribution in [-0.2, 0) is 15.0 Å². The van der Waals surface area contributed by atoms with Gasteiger partial charge in [0.1, 0.15) is 0 Å². The minimum atomic E-state index is -0.692. The van der Waals surface area contributed by atoms with E-state index in [2.05, 4.69) is 15.6 Å². The van der Waals surface area contributed by atoms with E-state index in [-0.39, 0.29) is 30.8 Å². The third kappa shape index (κ3) is 4.77. The Bertz CT molecular complexity index is 977. The summed E-state index contributed by atoms with van der Waals surface area (Å²) in [4.78, 5) is 29.2. The quantitative estimate of drug-likeness (QED) is 0.678. The van der Waals surface area contributed by atoms with Gasteiger partial charge in [0.15, 0.2) is 17.3 Å². The van der Waals surface area contributed by atoms with Crippen LogP contribution in [0.4, 0.5) is 5.82 Å². The predicted octanol–water partition coefficient (Wildman–Crippen LogP) is 3.85. The second-order valence-corrected chi connectivity index (χ2v) is 8.59. The zero-order valence-corrected chi connectivity index (χ0v) is 18.2. The molecule has 0 spiro atoms. The number of aromatic nitrogens is 1. The van der Waals surface area contributed by atoms with Crippen LogP contribution in [0.15, 0.2) is 36.5 Å². The lowest BCUT2D eigenvalue weighted by atomic mass is 9.76. The summed E-state index contributed by atoms with van der Waals surface area (Å²) in [6.45, 7) is 0.365. The second-order valence-electron chi connectivity index (χ2n) is 8.18. The van der Waals surface area contributed by atoms with Crippen molar-refractivity contribution in [1.82, 2.24) is 10.3 Å². The van der Waals surface area contributed by atoms with Crippen molar-refractivity contribution in [1.29, 1.82) is 0 Å². The number of nitrogens with zero attached hydrogens (tertiary/aromatic N) is 1. The molecule has 1 saturated carbocycles. The smallest absolute Gasteiger partial charge is 0.226 e. The maximum Gasteiger partial charge on any atom is 0.226 e. The summed E-state index contributed by atoms with van der Waals surface area (Å²) >= 11 is 6.12. The Morgan fingerprint density at radius 1 is 1.29 bits per heavy atom. The van der Waals surface area contributed by atoms with Crippen LogP contribution in [0.3, 0.4) is 0 Å². The number of benzene rings is 1. The van der Waals surface area contributed by atoms with Gasteiger partial charge in [0, 0.05) is 31.0 Å². The minimum Gasteiger partial charge on any atom is -0.493 e. The number of anilines is 1. The first kappa shape index (κ1) is 21.4. The van der Waals surface area contributed by atoms with Gasteiger partial charge in [-0.3, -0.25) is 9.59 Å². The van der Waals surface area contributed by atoms with Crippen molar-refractivity contribution < 1.29 is 19.1 Å². The number of methoxy groups -OCH3 is 1. The number of carbonyl (C=O) groups is 2. The monoisotopic (exact) mass is 443 g/mol. The van der Waals surface area contributed by atoms with E-state index in [0.717, 1.165) is 31.2 Å². The highest BCUT2D eigenvalue weighted by Crippen LogP contribution is 2.40. The molecule has 2 aromatic rings. The van der Waals surface area contributed by atoms with Crippen LogP contribution in [0.25, 0.3) is 0 Å². The van der Waals surface area contributed by atoms with Gasteiger partial charge in [-0.1, -0.05) is 17.7 Å². The molecule has 1 aliphatic heterocycles. The lowest BCUT2D eigenvalue weighted by molar-refractivity contribution is -0.119. The van der Waals surface area contributed by atoms with Crippen LogP contribution in [-0.4, -0.2) is 36.6 Å². The molecule has 2 N–H and O–H groups in total. The van der Waals surface area contributed by atoms with Gasteiger partial charge in [0.25, 0.3) is 0 Å². The molecule has 2 aliphatic rings. The van der Waals surface area contributed by atoms with Gasteiger partial charge >= 0.3 is 0 Å². The number of nitrogens with one attached hydrogen (secondary N) is 2. The molecule has 2 heterocycles. The highest BCUT2D eigenvalue weighted by molar-refractivity contribution is 6.33. The number of carbonyl (C=O) groups excluding carboxylic acids is 2. The van der Waals surface area contributed by atoms with Gasteiger partial charge < -0.3 is 20.1 Å². The van der Waals surface area contributed by atoms with Crippen molar-refractivity contribution in [3.8, 4) is 11.5 Å². The van der Waals surface area contributed by atoms with E-state index < -0.39 is 5.41 Å². The largest absolute Gasteiger partial charge is 0.493 e. The number of amides is 2. The fourth-order valence-corrected chi connectivity index (χ4v) is 4.55. The number of halogens is 1. The summed E-state index contributed by atoms with van der Waals surface area (Å²) in [7, 11) is 1.61. The van der Waals surface area contributed by atoms with E-state index in [1.54, 1.807) is 25.4 Å². The summed E-state index contributed by atoms with van der Waals surface area (Å²) in [5.74, 6) is 1.26. The molecule has 1 aromatic heterocycles. The van der Waals surface area contributed by atoms with Crippen LogP contribution in [0.2, 0.25) is 5.02 Å². The summed E-state index contributed by atoms with van der Waals surface area (Å²) in [6, 6.07) is 9.02. The van der Waals surface area contributed by atoms with Gasteiger partial charge in [0.2, 0.25) is 11.8 Å². The molecule has 0 bridgehead atoms. The average Bonchev–Trinajstić information content (AvgIpc) is 3.40. The van der Waals surface area contributed by atoms with Gasteiger partial charge in [-0.05, 0) is 55.5 Å². The summed E-state index contributed by atoms with van der Waals surface area (Å²) in [5, 5.41) is 6.01. The molecular weight excluding hydrogens is 418 g/mol. The van der Waals surface area contributed by atoms with Gasteiger partial charge in [-0.2, -0.15) is 0 Å². The Labute approximate surface area is 186 Å².